The molecule has 0 bridgehead atoms. The Kier molecular flexibility index (Phi) is 2.99. The first-order valence-electron chi connectivity index (χ1n) is 5.94. The van der Waals surface area contributed by atoms with Gasteiger partial charge in [0, 0.05) is 6.20 Å². The van der Waals surface area contributed by atoms with E-state index in [2.05, 4.69) is 59.9 Å². The lowest BCUT2D eigenvalue weighted by atomic mass is 10.1. The molecule has 2 nitrogen and oxygen atoms in total. The molecular formula is C15H14N2S. The van der Waals surface area contributed by atoms with E-state index in [1.807, 2.05) is 10.9 Å². The van der Waals surface area contributed by atoms with E-state index < -0.39 is 0 Å². The number of rotatable bonds is 3. The van der Waals surface area contributed by atoms with Crippen molar-refractivity contribution in [2.45, 2.75) is 13.5 Å². The summed E-state index contributed by atoms with van der Waals surface area (Å²) in [7, 11) is 0. The topological polar surface area (TPSA) is 17.8 Å². The zero-order valence-electron chi connectivity index (χ0n) is 10.2. The SMILES string of the molecule is Cc1ccc(Cn2ccc(-c3cccs3)n2)cc1. The largest absolute Gasteiger partial charge is 0.268 e. The van der Waals surface area contributed by atoms with E-state index in [-0.39, 0.29) is 0 Å². The van der Waals surface area contributed by atoms with Crippen LogP contribution in [-0.4, -0.2) is 9.78 Å². The summed E-state index contributed by atoms with van der Waals surface area (Å²) in [4.78, 5) is 1.22. The molecule has 3 heteroatoms. The second kappa shape index (κ2) is 4.78. The molecule has 0 unspecified atom stereocenters. The van der Waals surface area contributed by atoms with Gasteiger partial charge in [0.2, 0.25) is 0 Å². The molecule has 0 amide bonds. The zero-order chi connectivity index (χ0) is 12.4. The van der Waals surface area contributed by atoms with Gasteiger partial charge in [-0.3, -0.25) is 4.68 Å². The van der Waals surface area contributed by atoms with Crippen LogP contribution in [0.1, 0.15) is 11.1 Å². The van der Waals surface area contributed by atoms with Gasteiger partial charge in [0.25, 0.3) is 0 Å². The van der Waals surface area contributed by atoms with E-state index in [9.17, 15) is 0 Å². The van der Waals surface area contributed by atoms with Crippen LogP contribution in [0, 0.1) is 6.92 Å². The first kappa shape index (κ1) is 11.2. The smallest absolute Gasteiger partial charge is 0.102 e. The van der Waals surface area contributed by atoms with Gasteiger partial charge in [-0.2, -0.15) is 5.10 Å². The fraction of sp³-hybridized carbons (Fsp3) is 0.133. The Morgan fingerprint density at radius 3 is 2.67 bits per heavy atom. The molecule has 3 aromatic rings. The fourth-order valence-corrected chi connectivity index (χ4v) is 2.58. The van der Waals surface area contributed by atoms with Crippen molar-refractivity contribution in [2.75, 3.05) is 0 Å². The van der Waals surface area contributed by atoms with Gasteiger partial charge in [0.05, 0.1) is 11.4 Å². The summed E-state index contributed by atoms with van der Waals surface area (Å²) in [6.07, 6.45) is 2.04. The molecule has 90 valence electrons. The second-order valence-corrected chi connectivity index (χ2v) is 5.31. The van der Waals surface area contributed by atoms with Crippen molar-refractivity contribution in [1.29, 1.82) is 0 Å². The number of thiophene rings is 1. The predicted molar refractivity (Wildman–Crippen MR) is 75.8 cm³/mol. The van der Waals surface area contributed by atoms with Gasteiger partial charge in [-0.1, -0.05) is 35.9 Å². The van der Waals surface area contributed by atoms with Crippen molar-refractivity contribution in [3.63, 3.8) is 0 Å². The van der Waals surface area contributed by atoms with E-state index in [4.69, 9.17) is 0 Å². The number of benzene rings is 1. The molecule has 0 aliphatic heterocycles. The lowest BCUT2D eigenvalue weighted by Gasteiger charge is -2.02. The summed E-state index contributed by atoms with van der Waals surface area (Å²) in [5, 5.41) is 6.68. The Morgan fingerprint density at radius 1 is 1.11 bits per heavy atom. The highest BCUT2D eigenvalue weighted by molar-refractivity contribution is 7.13. The van der Waals surface area contributed by atoms with Crippen LogP contribution >= 0.6 is 11.3 Å². The molecule has 0 aliphatic carbocycles. The molecule has 0 spiro atoms. The van der Waals surface area contributed by atoms with Crippen LogP contribution in [0.3, 0.4) is 0 Å². The molecule has 3 rings (SSSR count). The third kappa shape index (κ3) is 2.36. The van der Waals surface area contributed by atoms with Crippen LogP contribution in [0.25, 0.3) is 10.6 Å². The van der Waals surface area contributed by atoms with Crippen LogP contribution in [0.5, 0.6) is 0 Å². The van der Waals surface area contributed by atoms with Gasteiger partial charge in [-0.25, -0.2) is 0 Å². The standard InChI is InChI=1S/C15H14N2S/c1-12-4-6-13(7-5-12)11-17-9-8-14(16-17)15-3-2-10-18-15/h2-10H,11H2,1H3. The summed E-state index contributed by atoms with van der Waals surface area (Å²) < 4.78 is 1.99. The van der Waals surface area contributed by atoms with Crippen LogP contribution in [0.15, 0.2) is 54.0 Å². The van der Waals surface area contributed by atoms with E-state index in [1.165, 1.54) is 16.0 Å². The Balaban J connectivity index is 1.80. The van der Waals surface area contributed by atoms with Gasteiger partial charge in [-0.05, 0) is 30.0 Å². The van der Waals surface area contributed by atoms with Crippen molar-refractivity contribution in [1.82, 2.24) is 9.78 Å². The number of aryl methyl sites for hydroxylation is 1. The average Bonchev–Trinajstić information content (AvgIpc) is 3.02. The minimum atomic E-state index is 0.825. The Hall–Kier alpha value is -1.87. The average molecular weight is 254 g/mol. The van der Waals surface area contributed by atoms with Gasteiger partial charge in [0.15, 0.2) is 0 Å². The molecule has 2 heterocycles. The molecule has 0 aliphatic rings. The Bertz CT molecular complexity index is 621. The maximum Gasteiger partial charge on any atom is 0.102 e. The van der Waals surface area contributed by atoms with Gasteiger partial charge >= 0.3 is 0 Å². The van der Waals surface area contributed by atoms with Crippen LogP contribution in [0.2, 0.25) is 0 Å². The molecule has 0 saturated heterocycles. The fourth-order valence-electron chi connectivity index (χ4n) is 1.89. The summed E-state index contributed by atoms with van der Waals surface area (Å²) in [5.74, 6) is 0. The molecule has 1 aromatic carbocycles. The number of nitrogens with zero attached hydrogens (tertiary/aromatic N) is 2. The molecule has 0 fully saturated rings. The summed E-state index contributed by atoms with van der Waals surface area (Å²) in [5.41, 5.74) is 3.62. The Morgan fingerprint density at radius 2 is 1.94 bits per heavy atom. The molecule has 0 N–H and O–H groups in total. The van der Waals surface area contributed by atoms with Crippen LogP contribution in [-0.2, 0) is 6.54 Å². The van der Waals surface area contributed by atoms with Crippen molar-refractivity contribution in [2.24, 2.45) is 0 Å². The van der Waals surface area contributed by atoms with Gasteiger partial charge in [-0.15, -0.1) is 11.3 Å². The highest BCUT2D eigenvalue weighted by Gasteiger charge is 2.03. The quantitative estimate of drug-likeness (QED) is 0.691. The van der Waals surface area contributed by atoms with Crippen molar-refractivity contribution < 1.29 is 0 Å². The highest BCUT2D eigenvalue weighted by atomic mass is 32.1. The summed E-state index contributed by atoms with van der Waals surface area (Å²) >= 11 is 1.72. The summed E-state index contributed by atoms with van der Waals surface area (Å²) in [6, 6.07) is 14.8. The number of aromatic nitrogens is 2. The van der Waals surface area contributed by atoms with Crippen LogP contribution < -0.4 is 0 Å². The number of hydrogen-bond acceptors (Lipinski definition) is 2. The number of hydrogen-bond donors (Lipinski definition) is 0. The second-order valence-electron chi connectivity index (χ2n) is 4.36. The zero-order valence-corrected chi connectivity index (χ0v) is 11.0. The molecule has 0 atom stereocenters. The lowest BCUT2D eigenvalue weighted by molar-refractivity contribution is 0.689. The van der Waals surface area contributed by atoms with Crippen molar-refractivity contribution in [3.05, 3.63) is 65.2 Å². The maximum absolute atomic E-state index is 4.60. The normalized spacial score (nSPS) is 10.7. The van der Waals surface area contributed by atoms with E-state index in [0.717, 1.165) is 12.2 Å². The molecule has 0 saturated carbocycles. The van der Waals surface area contributed by atoms with Gasteiger partial charge < -0.3 is 0 Å². The first-order valence-corrected chi connectivity index (χ1v) is 6.82. The van der Waals surface area contributed by atoms with E-state index >= 15 is 0 Å². The first-order chi connectivity index (χ1) is 8.81. The minimum absolute atomic E-state index is 0.825. The monoisotopic (exact) mass is 254 g/mol. The van der Waals surface area contributed by atoms with Gasteiger partial charge in [0.1, 0.15) is 5.69 Å². The van der Waals surface area contributed by atoms with Crippen molar-refractivity contribution in [3.8, 4) is 10.6 Å². The molecule has 2 aromatic heterocycles. The van der Waals surface area contributed by atoms with E-state index in [0.29, 0.717) is 0 Å². The van der Waals surface area contributed by atoms with E-state index in [1.54, 1.807) is 11.3 Å². The summed E-state index contributed by atoms with van der Waals surface area (Å²) in [6.45, 7) is 2.93. The highest BCUT2D eigenvalue weighted by Crippen LogP contribution is 2.22. The van der Waals surface area contributed by atoms with Crippen LogP contribution in [0.4, 0.5) is 0 Å². The Labute approximate surface area is 111 Å². The lowest BCUT2D eigenvalue weighted by Crippen LogP contribution is -2.00. The maximum atomic E-state index is 4.60. The third-order valence-electron chi connectivity index (χ3n) is 2.88. The van der Waals surface area contributed by atoms with Crippen molar-refractivity contribution >= 4 is 11.3 Å². The predicted octanol–water partition coefficient (Wildman–Crippen LogP) is 3.97. The molecule has 0 radical (unpaired) electrons. The third-order valence-corrected chi connectivity index (χ3v) is 3.77. The minimum Gasteiger partial charge on any atom is -0.268 e. The molecule has 18 heavy (non-hydrogen) atoms. The molecular weight excluding hydrogens is 240 g/mol.